The van der Waals surface area contributed by atoms with E-state index >= 15 is 0 Å². The molecule has 20 heavy (non-hydrogen) atoms. The minimum Gasteiger partial charge on any atom is -0.345 e. The summed E-state index contributed by atoms with van der Waals surface area (Å²) in [7, 11) is 0. The second-order valence-electron chi connectivity index (χ2n) is 4.64. The summed E-state index contributed by atoms with van der Waals surface area (Å²) in [5, 5.41) is 10.3. The van der Waals surface area contributed by atoms with Crippen molar-refractivity contribution in [3.63, 3.8) is 0 Å². The normalized spacial score (nSPS) is 16.9. The lowest BCUT2D eigenvalue weighted by Crippen LogP contribution is -2.16. The fourth-order valence-corrected chi connectivity index (χ4v) is 2.67. The van der Waals surface area contributed by atoms with Crippen molar-refractivity contribution in [2.75, 3.05) is 5.32 Å². The van der Waals surface area contributed by atoms with E-state index in [1.165, 1.54) is 0 Å². The Kier molecular flexibility index (Phi) is 3.21. The van der Waals surface area contributed by atoms with Crippen molar-refractivity contribution in [3.8, 4) is 0 Å². The van der Waals surface area contributed by atoms with E-state index in [0.717, 1.165) is 23.4 Å². The van der Waals surface area contributed by atoms with Crippen LogP contribution >= 0.6 is 15.9 Å². The van der Waals surface area contributed by atoms with Crippen LogP contribution in [0.15, 0.2) is 22.9 Å². The second-order valence-corrected chi connectivity index (χ2v) is 5.35. The monoisotopic (exact) mass is 335 g/mol. The maximum atomic E-state index is 11.7. The number of nitrogens with one attached hydrogen (secondary N) is 2. The highest BCUT2D eigenvalue weighted by Gasteiger charge is 2.25. The molecule has 2 heterocycles. The summed E-state index contributed by atoms with van der Waals surface area (Å²) in [6.07, 6.45) is 0. The number of rotatable bonds is 3. The van der Waals surface area contributed by atoms with Crippen LogP contribution in [-0.2, 0) is 6.54 Å². The van der Waals surface area contributed by atoms with Gasteiger partial charge in [0.25, 0.3) is 5.91 Å². The summed E-state index contributed by atoms with van der Waals surface area (Å²) < 4.78 is 2.32. The Morgan fingerprint density at radius 2 is 2.30 bits per heavy atom. The van der Waals surface area contributed by atoms with Crippen LogP contribution in [-0.4, -0.2) is 20.7 Å². The maximum absolute atomic E-state index is 11.7. The first-order valence-corrected chi connectivity index (χ1v) is 7.20. The smallest absolute Gasteiger partial charge is 0.252 e. The molecule has 0 bridgehead atoms. The molecule has 0 saturated heterocycles. The van der Waals surface area contributed by atoms with Crippen LogP contribution < -0.4 is 10.6 Å². The number of nitrogens with zero attached hydrogens (tertiary/aromatic N) is 3. The lowest BCUT2D eigenvalue weighted by atomic mass is 10.1. The molecule has 0 fully saturated rings. The largest absolute Gasteiger partial charge is 0.345 e. The zero-order chi connectivity index (χ0) is 14.3. The van der Waals surface area contributed by atoms with Gasteiger partial charge >= 0.3 is 0 Å². The van der Waals surface area contributed by atoms with Gasteiger partial charge in [-0.2, -0.15) is 4.98 Å². The molecule has 1 aromatic heterocycles. The minimum atomic E-state index is -0.0153. The van der Waals surface area contributed by atoms with Gasteiger partial charge in [-0.15, -0.1) is 5.10 Å². The highest BCUT2D eigenvalue weighted by Crippen LogP contribution is 2.28. The number of benzene rings is 1. The molecule has 1 aliphatic rings. The standard InChI is InChI=1S/C13H14BrN5O/c1-3-19-13(17-12(14)18-19)16-8-4-5-9-10(6-8)7(2)15-11(9)20/h4-7H,3H2,1-2H3,(H,15,20)(H,16,17,18). The maximum Gasteiger partial charge on any atom is 0.252 e. The third kappa shape index (κ3) is 2.18. The summed E-state index contributed by atoms with van der Waals surface area (Å²) in [5.41, 5.74) is 2.63. The Hall–Kier alpha value is -1.89. The predicted molar refractivity (Wildman–Crippen MR) is 79.0 cm³/mol. The zero-order valence-electron chi connectivity index (χ0n) is 11.1. The first-order chi connectivity index (χ1) is 9.58. The highest BCUT2D eigenvalue weighted by atomic mass is 79.9. The van der Waals surface area contributed by atoms with Crippen LogP contribution in [0.25, 0.3) is 0 Å². The second kappa shape index (κ2) is 4.90. The van der Waals surface area contributed by atoms with E-state index in [1.54, 1.807) is 4.68 Å². The number of aryl methyl sites for hydroxylation is 1. The van der Waals surface area contributed by atoms with E-state index in [4.69, 9.17) is 0 Å². The van der Waals surface area contributed by atoms with Gasteiger partial charge in [0.2, 0.25) is 10.7 Å². The number of fused-ring (bicyclic) bond motifs is 1. The van der Waals surface area contributed by atoms with Gasteiger partial charge in [-0.25, -0.2) is 4.68 Å². The molecule has 1 aromatic carbocycles. The molecule has 7 heteroatoms. The van der Waals surface area contributed by atoms with Crippen molar-refractivity contribution in [3.05, 3.63) is 34.1 Å². The lowest BCUT2D eigenvalue weighted by molar-refractivity contribution is 0.0958. The molecule has 1 atom stereocenters. The molecular weight excluding hydrogens is 322 g/mol. The summed E-state index contributed by atoms with van der Waals surface area (Å²) in [4.78, 5) is 16.0. The highest BCUT2D eigenvalue weighted by molar-refractivity contribution is 9.10. The van der Waals surface area contributed by atoms with Crippen LogP contribution in [0.5, 0.6) is 0 Å². The van der Waals surface area contributed by atoms with Crippen molar-refractivity contribution in [1.82, 2.24) is 20.1 Å². The van der Waals surface area contributed by atoms with E-state index in [0.29, 0.717) is 10.7 Å². The summed E-state index contributed by atoms with van der Waals surface area (Å²) in [6.45, 7) is 4.70. The van der Waals surface area contributed by atoms with Crippen LogP contribution in [0.1, 0.15) is 35.8 Å². The third-order valence-electron chi connectivity index (χ3n) is 3.31. The quantitative estimate of drug-likeness (QED) is 0.904. The van der Waals surface area contributed by atoms with Gasteiger partial charge in [0.15, 0.2) is 0 Å². The Morgan fingerprint density at radius 3 is 3.05 bits per heavy atom. The minimum absolute atomic E-state index is 0.0153. The Balaban J connectivity index is 1.92. The van der Waals surface area contributed by atoms with Gasteiger partial charge in [-0.1, -0.05) is 0 Å². The fourth-order valence-electron chi connectivity index (χ4n) is 2.31. The molecular formula is C13H14BrN5O. The Bertz CT molecular complexity index is 681. The molecule has 1 amide bonds. The molecule has 6 nitrogen and oxygen atoms in total. The molecule has 1 unspecified atom stereocenters. The number of anilines is 2. The number of hydrogen-bond acceptors (Lipinski definition) is 4. The molecule has 1 aliphatic heterocycles. The Labute approximate surface area is 124 Å². The lowest BCUT2D eigenvalue weighted by Gasteiger charge is -2.09. The molecule has 0 saturated carbocycles. The predicted octanol–water partition coefficient (Wildman–Crippen LogP) is 2.61. The number of aromatic nitrogens is 3. The molecule has 104 valence electrons. The summed E-state index contributed by atoms with van der Waals surface area (Å²) in [5.74, 6) is 0.655. The average molecular weight is 336 g/mol. The van der Waals surface area contributed by atoms with Crippen LogP contribution in [0.3, 0.4) is 0 Å². The summed E-state index contributed by atoms with van der Waals surface area (Å²) >= 11 is 3.27. The number of carbonyl (C=O) groups excluding carboxylic acids is 1. The molecule has 3 rings (SSSR count). The molecule has 2 aromatic rings. The molecule has 0 spiro atoms. The SMILES string of the molecule is CCn1nc(Br)nc1Nc1ccc2c(c1)C(C)NC2=O. The van der Waals surface area contributed by atoms with Crippen molar-refractivity contribution in [2.24, 2.45) is 0 Å². The number of amides is 1. The number of halogens is 1. The van der Waals surface area contributed by atoms with Crippen molar-refractivity contribution >= 4 is 33.5 Å². The van der Waals surface area contributed by atoms with Gasteiger partial charge < -0.3 is 10.6 Å². The van der Waals surface area contributed by atoms with Gasteiger partial charge in [0.05, 0.1) is 6.04 Å². The molecule has 0 radical (unpaired) electrons. The van der Waals surface area contributed by atoms with E-state index < -0.39 is 0 Å². The van der Waals surface area contributed by atoms with Gasteiger partial charge in [-0.3, -0.25) is 4.79 Å². The van der Waals surface area contributed by atoms with Crippen LogP contribution in [0.4, 0.5) is 11.6 Å². The van der Waals surface area contributed by atoms with E-state index in [1.807, 2.05) is 32.0 Å². The van der Waals surface area contributed by atoms with Crippen LogP contribution in [0.2, 0.25) is 0 Å². The molecule has 2 N–H and O–H groups in total. The zero-order valence-corrected chi connectivity index (χ0v) is 12.7. The van der Waals surface area contributed by atoms with Gasteiger partial charge in [0, 0.05) is 17.8 Å². The van der Waals surface area contributed by atoms with Crippen LogP contribution in [0, 0.1) is 0 Å². The fraction of sp³-hybridized carbons (Fsp3) is 0.308. The van der Waals surface area contributed by atoms with Crippen molar-refractivity contribution in [1.29, 1.82) is 0 Å². The summed E-state index contributed by atoms with van der Waals surface area (Å²) in [6, 6.07) is 5.72. The number of carbonyl (C=O) groups is 1. The first kappa shape index (κ1) is 13.1. The Morgan fingerprint density at radius 1 is 1.50 bits per heavy atom. The van der Waals surface area contributed by atoms with Gasteiger partial charge in [-0.05, 0) is 53.5 Å². The topological polar surface area (TPSA) is 71.8 Å². The van der Waals surface area contributed by atoms with E-state index in [-0.39, 0.29) is 11.9 Å². The number of hydrogen-bond donors (Lipinski definition) is 2. The van der Waals surface area contributed by atoms with Gasteiger partial charge in [0.1, 0.15) is 0 Å². The van der Waals surface area contributed by atoms with Crippen molar-refractivity contribution in [2.45, 2.75) is 26.4 Å². The first-order valence-electron chi connectivity index (χ1n) is 6.40. The average Bonchev–Trinajstić information content (AvgIpc) is 2.91. The van der Waals surface area contributed by atoms with Crippen molar-refractivity contribution < 1.29 is 4.79 Å². The molecule has 0 aliphatic carbocycles. The van der Waals surface area contributed by atoms with E-state index in [9.17, 15) is 4.79 Å². The third-order valence-corrected chi connectivity index (χ3v) is 3.65. The van der Waals surface area contributed by atoms with E-state index in [2.05, 4.69) is 36.6 Å².